The first-order chi connectivity index (χ1) is 14.6. The van der Waals surface area contributed by atoms with Crippen LogP contribution in [-0.2, 0) is 0 Å². The van der Waals surface area contributed by atoms with Gasteiger partial charge in [-0.1, -0.05) is 94.2 Å². The van der Waals surface area contributed by atoms with E-state index in [1.807, 2.05) is 0 Å². The van der Waals surface area contributed by atoms with E-state index >= 15 is 0 Å². The average Bonchev–Trinajstić information content (AvgIpc) is 2.73. The third-order valence-corrected chi connectivity index (χ3v) is 6.82. The van der Waals surface area contributed by atoms with Gasteiger partial charge in [0.15, 0.2) is 0 Å². The van der Waals surface area contributed by atoms with Crippen molar-refractivity contribution in [3.63, 3.8) is 0 Å². The molecular formula is C30H50. The molecule has 4 atom stereocenters. The Bertz CT molecular complexity index is 559. The SMILES string of the molecule is C=CCCCC(C/C=C/C)C1=CCC(C)C(/C=C\CCC)C1CC(=C)CCCCC. The molecule has 0 N–H and O–H groups in total. The Hall–Kier alpha value is -1.30. The van der Waals surface area contributed by atoms with Gasteiger partial charge in [0.1, 0.15) is 0 Å². The summed E-state index contributed by atoms with van der Waals surface area (Å²) in [6, 6.07) is 0. The van der Waals surface area contributed by atoms with Gasteiger partial charge in [-0.05, 0) is 88.4 Å². The predicted octanol–water partition coefficient (Wildman–Crippen LogP) is 10.0. The molecular weight excluding hydrogens is 360 g/mol. The molecule has 4 unspecified atom stereocenters. The third-order valence-electron chi connectivity index (χ3n) is 6.82. The summed E-state index contributed by atoms with van der Waals surface area (Å²) in [6.07, 6.45) is 29.1. The number of rotatable bonds is 16. The fourth-order valence-corrected chi connectivity index (χ4v) is 4.98. The summed E-state index contributed by atoms with van der Waals surface area (Å²) in [7, 11) is 0. The van der Waals surface area contributed by atoms with Crippen LogP contribution in [0.15, 0.2) is 60.8 Å². The Morgan fingerprint density at radius 3 is 2.60 bits per heavy atom. The van der Waals surface area contributed by atoms with Crippen molar-refractivity contribution < 1.29 is 0 Å². The first kappa shape index (κ1) is 26.7. The molecule has 1 rings (SSSR count). The Balaban J connectivity index is 3.10. The summed E-state index contributed by atoms with van der Waals surface area (Å²) in [5.74, 6) is 2.69. The summed E-state index contributed by atoms with van der Waals surface area (Å²) in [4.78, 5) is 0. The van der Waals surface area contributed by atoms with Crippen LogP contribution in [0.1, 0.15) is 105 Å². The highest BCUT2D eigenvalue weighted by molar-refractivity contribution is 5.23. The van der Waals surface area contributed by atoms with Gasteiger partial charge in [0.25, 0.3) is 0 Å². The van der Waals surface area contributed by atoms with Crippen molar-refractivity contribution in [1.29, 1.82) is 0 Å². The van der Waals surface area contributed by atoms with Gasteiger partial charge in [-0.2, -0.15) is 0 Å². The monoisotopic (exact) mass is 410 g/mol. The van der Waals surface area contributed by atoms with Gasteiger partial charge in [-0.15, -0.1) is 6.58 Å². The Kier molecular flexibility index (Phi) is 14.6. The lowest BCUT2D eigenvalue weighted by Crippen LogP contribution is -2.29. The molecule has 1 aliphatic rings. The maximum absolute atomic E-state index is 4.53. The maximum atomic E-state index is 4.53. The maximum Gasteiger partial charge on any atom is -0.00976 e. The van der Waals surface area contributed by atoms with Crippen molar-refractivity contribution in [1.82, 2.24) is 0 Å². The zero-order valence-electron chi connectivity index (χ0n) is 20.7. The normalized spacial score (nSPS) is 23.1. The summed E-state index contributed by atoms with van der Waals surface area (Å²) >= 11 is 0. The van der Waals surface area contributed by atoms with E-state index < -0.39 is 0 Å². The van der Waals surface area contributed by atoms with E-state index in [1.54, 1.807) is 5.57 Å². The van der Waals surface area contributed by atoms with Crippen LogP contribution in [-0.4, -0.2) is 0 Å². The van der Waals surface area contributed by atoms with Crippen molar-refractivity contribution in [3.8, 4) is 0 Å². The Labute approximate surface area is 189 Å². The molecule has 0 radical (unpaired) electrons. The van der Waals surface area contributed by atoms with E-state index in [4.69, 9.17) is 0 Å². The second-order valence-electron chi connectivity index (χ2n) is 9.45. The van der Waals surface area contributed by atoms with Gasteiger partial charge in [0, 0.05) is 0 Å². The lowest BCUT2D eigenvalue weighted by atomic mass is 9.65. The molecule has 30 heavy (non-hydrogen) atoms. The molecule has 0 heteroatoms. The van der Waals surface area contributed by atoms with Crippen molar-refractivity contribution in [3.05, 3.63) is 60.8 Å². The quantitative estimate of drug-likeness (QED) is 0.175. The summed E-state index contributed by atoms with van der Waals surface area (Å²) in [5, 5.41) is 0. The fourth-order valence-electron chi connectivity index (χ4n) is 4.98. The van der Waals surface area contributed by atoms with E-state index in [-0.39, 0.29) is 0 Å². The highest BCUT2D eigenvalue weighted by atomic mass is 14.4. The topological polar surface area (TPSA) is 0 Å². The summed E-state index contributed by atoms with van der Waals surface area (Å²) < 4.78 is 0. The van der Waals surface area contributed by atoms with Crippen LogP contribution < -0.4 is 0 Å². The molecule has 0 bridgehead atoms. The van der Waals surface area contributed by atoms with E-state index in [0.717, 1.165) is 12.3 Å². The lowest BCUT2D eigenvalue weighted by Gasteiger charge is -2.39. The van der Waals surface area contributed by atoms with Crippen molar-refractivity contribution in [2.24, 2.45) is 23.7 Å². The van der Waals surface area contributed by atoms with Crippen LogP contribution >= 0.6 is 0 Å². The highest BCUT2D eigenvalue weighted by Crippen LogP contribution is 2.44. The molecule has 1 aliphatic carbocycles. The second-order valence-corrected chi connectivity index (χ2v) is 9.45. The molecule has 0 fully saturated rings. The van der Waals surface area contributed by atoms with E-state index in [9.17, 15) is 0 Å². The summed E-state index contributed by atoms with van der Waals surface area (Å²) in [6.45, 7) is 17.6. The molecule has 0 aromatic heterocycles. The van der Waals surface area contributed by atoms with E-state index in [1.165, 1.54) is 76.2 Å². The number of allylic oxidation sites excluding steroid dienone is 8. The van der Waals surface area contributed by atoms with Crippen LogP contribution in [0.2, 0.25) is 0 Å². The fraction of sp³-hybridized carbons (Fsp3) is 0.667. The molecule has 0 amide bonds. The molecule has 0 aliphatic heterocycles. The molecule has 0 spiro atoms. The number of hydrogen-bond donors (Lipinski definition) is 0. The van der Waals surface area contributed by atoms with E-state index in [2.05, 4.69) is 77.3 Å². The van der Waals surface area contributed by atoms with Crippen LogP contribution in [0.4, 0.5) is 0 Å². The van der Waals surface area contributed by atoms with Crippen LogP contribution in [0, 0.1) is 23.7 Å². The lowest BCUT2D eigenvalue weighted by molar-refractivity contribution is 0.279. The number of unbranched alkanes of at least 4 members (excludes halogenated alkanes) is 4. The van der Waals surface area contributed by atoms with Crippen LogP contribution in [0.5, 0.6) is 0 Å². The van der Waals surface area contributed by atoms with Crippen LogP contribution in [0.3, 0.4) is 0 Å². The second kappa shape index (κ2) is 16.4. The standard InChI is InChI=1S/C30H50/c1-7-11-15-18-25(5)24-30-28(21-17-13-9-3)26(6)22-23-29(30)27(19-14-10-4)20-16-12-8-2/h8,10,14,17,21,23,26-28,30H,2,5,7,9,11-13,15-16,18-20,22,24H2,1,3-4,6H3/b14-10+,21-17-. The van der Waals surface area contributed by atoms with Gasteiger partial charge < -0.3 is 0 Å². The average molecular weight is 411 g/mol. The zero-order chi connectivity index (χ0) is 22.2. The van der Waals surface area contributed by atoms with Crippen LogP contribution in [0.25, 0.3) is 0 Å². The molecule has 0 saturated carbocycles. The molecule has 0 saturated heterocycles. The van der Waals surface area contributed by atoms with Gasteiger partial charge in [-0.25, -0.2) is 0 Å². The van der Waals surface area contributed by atoms with Crippen molar-refractivity contribution in [2.75, 3.05) is 0 Å². The first-order valence-corrected chi connectivity index (χ1v) is 12.8. The molecule has 0 aromatic carbocycles. The minimum atomic E-state index is 0.634. The molecule has 0 nitrogen and oxygen atoms in total. The van der Waals surface area contributed by atoms with Gasteiger partial charge >= 0.3 is 0 Å². The smallest absolute Gasteiger partial charge is 0.00976 e. The third kappa shape index (κ3) is 9.67. The zero-order valence-corrected chi connectivity index (χ0v) is 20.7. The minimum Gasteiger partial charge on any atom is -0.103 e. The van der Waals surface area contributed by atoms with Crippen molar-refractivity contribution >= 4 is 0 Å². The molecule has 0 heterocycles. The van der Waals surface area contributed by atoms with Gasteiger partial charge in [-0.3, -0.25) is 0 Å². The predicted molar refractivity (Wildman–Crippen MR) is 138 cm³/mol. The van der Waals surface area contributed by atoms with Crippen molar-refractivity contribution in [2.45, 2.75) is 105 Å². The Morgan fingerprint density at radius 2 is 1.93 bits per heavy atom. The number of hydrogen-bond acceptors (Lipinski definition) is 0. The largest absolute Gasteiger partial charge is 0.103 e. The van der Waals surface area contributed by atoms with Gasteiger partial charge in [0.2, 0.25) is 0 Å². The summed E-state index contributed by atoms with van der Waals surface area (Å²) in [5.41, 5.74) is 3.20. The molecule has 170 valence electrons. The molecule has 0 aromatic rings. The first-order valence-electron chi connectivity index (χ1n) is 12.8. The van der Waals surface area contributed by atoms with Gasteiger partial charge in [0.05, 0.1) is 0 Å². The van der Waals surface area contributed by atoms with E-state index in [0.29, 0.717) is 17.8 Å². The Morgan fingerprint density at radius 1 is 1.13 bits per heavy atom. The highest BCUT2D eigenvalue weighted by Gasteiger charge is 2.34. The minimum absolute atomic E-state index is 0.634.